The van der Waals surface area contributed by atoms with Crippen LogP contribution in [0, 0.1) is 0 Å². The maximum absolute atomic E-state index is 13.6. The van der Waals surface area contributed by atoms with E-state index in [0.29, 0.717) is 23.9 Å². The number of unbranched alkanes of at least 4 members (excludes halogenated alkanes) is 32. The van der Waals surface area contributed by atoms with E-state index < -0.39 is 20.0 Å². The van der Waals surface area contributed by atoms with Crippen LogP contribution in [-0.2, 0) is 27.9 Å². The molecule has 0 rings (SSSR count). The van der Waals surface area contributed by atoms with Crippen LogP contribution in [0.2, 0.25) is 0 Å². The molecule has 0 aliphatic rings. The van der Waals surface area contributed by atoms with Gasteiger partial charge in [0.1, 0.15) is 19.3 Å². The molecule has 0 heterocycles. The molecule has 0 aliphatic carbocycles. The Labute approximate surface area is 482 Å². The highest BCUT2D eigenvalue weighted by Gasteiger charge is 2.30. The zero-order valence-corrected chi connectivity index (χ0v) is 52.5. The van der Waals surface area contributed by atoms with Crippen LogP contribution < -0.4 is 5.32 Å². The molecular formula is C68H124N2O7P+. The van der Waals surface area contributed by atoms with Crippen LogP contribution in [0.4, 0.5) is 0 Å². The molecule has 0 aromatic carbocycles. The van der Waals surface area contributed by atoms with Crippen LogP contribution in [0.25, 0.3) is 0 Å². The number of hydrogen-bond acceptors (Lipinski definition) is 6. The molecule has 9 nitrogen and oxygen atoms in total. The monoisotopic (exact) mass is 1110 g/mol. The van der Waals surface area contributed by atoms with Crippen molar-refractivity contribution in [3.8, 4) is 0 Å². The van der Waals surface area contributed by atoms with Crippen LogP contribution in [0.5, 0.6) is 0 Å². The lowest BCUT2D eigenvalue weighted by Crippen LogP contribution is -2.47. The first kappa shape index (κ1) is 75.2. The fourth-order valence-electron chi connectivity index (χ4n) is 9.12. The van der Waals surface area contributed by atoms with E-state index in [1.165, 1.54) is 154 Å². The Kier molecular flexibility index (Phi) is 55.4. The van der Waals surface area contributed by atoms with Crippen molar-refractivity contribution in [3.05, 3.63) is 85.1 Å². The Morgan fingerprint density at radius 3 is 1.36 bits per heavy atom. The Bertz CT molecular complexity index is 1610. The minimum Gasteiger partial charge on any atom is -0.456 e. The molecule has 0 radical (unpaired) electrons. The number of rotatable bonds is 58. The summed E-state index contributed by atoms with van der Waals surface area (Å²) >= 11 is 0. The maximum atomic E-state index is 13.6. The number of amides is 1. The van der Waals surface area contributed by atoms with Crippen molar-refractivity contribution in [3.63, 3.8) is 0 Å². The number of nitrogens with zero attached hydrogens (tertiary/aromatic N) is 1. The number of esters is 1. The highest BCUT2D eigenvalue weighted by atomic mass is 31.2. The second-order valence-electron chi connectivity index (χ2n) is 23.0. The fourth-order valence-corrected chi connectivity index (χ4v) is 9.86. The van der Waals surface area contributed by atoms with Gasteiger partial charge in [-0.2, -0.15) is 0 Å². The number of allylic oxidation sites excluding steroid dienone is 13. The number of likely N-dealkylation sites (N-methyl/N-ethyl adjacent to an activating group) is 1. The summed E-state index contributed by atoms with van der Waals surface area (Å²) in [5.41, 5.74) is 0. The van der Waals surface area contributed by atoms with Crippen molar-refractivity contribution in [1.82, 2.24) is 5.32 Å². The zero-order valence-electron chi connectivity index (χ0n) is 51.6. The lowest BCUT2D eigenvalue weighted by Gasteiger charge is -2.27. The third kappa shape index (κ3) is 57.9. The van der Waals surface area contributed by atoms with Gasteiger partial charge in [-0.25, -0.2) is 4.57 Å². The van der Waals surface area contributed by atoms with Crippen molar-refractivity contribution in [2.45, 2.75) is 296 Å². The van der Waals surface area contributed by atoms with E-state index in [4.69, 9.17) is 13.8 Å². The SMILES string of the molecule is CC/C=C/C=C/C=C\CCCCCCCC(=O)OC(/C=C\CCCCCCCCCCCC)C(COP(=O)(O)OCC[N+](C)(C)C)NC(=O)CCCCCCCCCCCCCCCC/C=C\C/C=C\C/C=C\CCCCC. The predicted octanol–water partition coefficient (Wildman–Crippen LogP) is 20.2. The van der Waals surface area contributed by atoms with Gasteiger partial charge in [0, 0.05) is 12.8 Å². The minimum atomic E-state index is -4.46. The average Bonchev–Trinajstić information content (AvgIpc) is 3.40. The Morgan fingerprint density at radius 1 is 0.474 bits per heavy atom. The van der Waals surface area contributed by atoms with Gasteiger partial charge in [0.2, 0.25) is 5.91 Å². The third-order valence-electron chi connectivity index (χ3n) is 14.1. The molecule has 78 heavy (non-hydrogen) atoms. The van der Waals surface area contributed by atoms with E-state index in [1.807, 2.05) is 33.3 Å². The normalized spacial score (nSPS) is 14.2. The topological polar surface area (TPSA) is 111 Å². The summed E-state index contributed by atoms with van der Waals surface area (Å²) in [6, 6.07) is -0.860. The van der Waals surface area contributed by atoms with Crippen molar-refractivity contribution in [1.29, 1.82) is 0 Å². The van der Waals surface area contributed by atoms with E-state index in [-0.39, 0.29) is 31.5 Å². The van der Waals surface area contributed by atoms with E-state index >= 15 is 0 Å². The molecule has 0 fully saturated rings. The molecule has 0 spiro atoms. The lowest BCUT2D eigenvalue weighted by molar-refractivity contribution is -0.870. The predicted molar refractivity (Wildman–Crippen MR) is 337 cm³/mol. The molecule has 0 bridgehead atoms. The first-order valence-corrected chi connectivity index (χ1v) is 33.9. The van der Waals surface area contributed by atoms with Crippen LogP contribution >= 0.6 is 7.82 Å². The number of nitrogens with one attached hydrogen (secondary N) is 1. The largest absolute Gasteiger partial charge is 0.472 e. The first-order valence-electron chi connectivity index (χ1n) is 32.4. The highest BCUT2D eigenvalue weighted by Crippen LogP contribution is 2.43. The summed E-state index contributed by atoms with van der Waals surface area (Å²) in [6.45, 7) is 6.84. The molecule has 0 aromatic rings. The maximum Gasteiger partial charge on any atom is 0.472 e. The van der Waals surface area contributed by atoms with E-state index in [2.05, 4.69) is 99.0 Å². The molecule has 2 N–H and O–H groups in total. The molecule has 0 saturated heterocycles. The van der Waals surface area contributed by atoms with Gasteiger partial charge in [-0.15, -0.1) is 0 Å². The van der Waals surface area contributed by atoms with Gasteiger partial charge >= 0.3 is 13.8 Å². The van der Waals surface area contributed by atoms with Crippen molar-refractivity contribution in [2.24, 2.45) is 0 Å². The molecule has 3 unspecified atom stereocenters. The van der Waals surface area contributed by atoms with Gasteiger partial charge in [-0.1, -0.05) is 267 Å². The van der Waals surface area contributed by atoms with Gasteiger partial charge < -0.3 is 19.4 Å². The molecule has 452 valence electrons. The van der Waals surface area contributed by atoms with Gasteiger partial charge in [-0.05, 0) is 89.5 Å². The molecule has 0 saturated carbocycles. The highest BCUT2D eigenvalue weighted by molar-refractivity contribution is 7.47. The molecule has 0 aromatic heterocycles. The molecule has 1 amide bonds. The summed E-state index contributed by atoms with van der Waals surface area (Å²) in [5, 5.41) is 3.05. The quantitative estimate of drug-likeness (QED) is 0.0156. The summed E-state index contributed by atoms with van der Waals surface area (Å²) in [6.07, 6.45) is 75.9. The van der Waals surface area contributed by atoms with Gasteiger partial charge in [-0.3, -0.25) is 18.6 Å². The fraction of sp³-hybridized carbons (Fsp3) is 0.765. The number of quaternary nitrogens is 1. The third-order valence-corrected chi connectivity index (χ3v) is 15.1. The van der Waals surface area contributed by atoms with Crippen LogP contribution in [0.3, 0.4) is 0 Å². The number of phosphoric acid groups is 1. The van der Waals surface area contributed by atoms with Crippen LogP contribution in [0.15, 0.2) is 85.1 Å². The molecule has 3 atom stereocenters. The number of hydrogen-bond donors (Lipinski definition) is 2. The summed E-state index contributed by atoms with van der Waals surface area (Å²) < 4.78 is 30.7. The van der Waals surface area contributed by atoms with E-state index in [1.54, 1.807) is 0 Å². The second-order valence-corrected chi connectivity index (χ2v) is 24.4. The van der Waals surface area contributed by atoms with Crippen molar-refractivity contribution < 1.29 is 37.3 Å². The molecule has 0 aliphatic heterocycles. The Hall–Kier alpha value is -2.81. The average molecular weight is 1110 g/mol. The summed E-state index contributed by atoms with van der Waals surface area (Å²) in [4.78, 5) is 37.7. The summed E-state index contributed by atoms with van der Waals surface area (Å²) in [5.74, 6) is -0.528. The smallest absolute Gasteiger partial charge is 0.456 e. The number of ether oxygens (including phenoxy) is 1. The van der Waals surface area contributed by atoms with Gasteiger partial charge in [0.05, 0.1) is 33.8 Å². The second kappa shape index (κ2) is 57.4. The van der Waals surface area contributed by atoms with Crippen LogP contribution in [-0.4, -0.2) is 74.3 Å². The standard InChI is InChI=1S/C68H123N2O7P/c1-7-10-13-16-19-22-25-28-29-30-31-32-33-34-35-36-37-38-39-40-41-43-45-48-51-54-57-60-67(71)69-65(64-76-78(73,74)75-63-62-70(4,5)6)66(59-56-53-50-47-44-27-24-21-18-15-12-9-3)77-68(72)61-58-55-52-49-46-42-26-23-20-17-14-11-8-2/h11,14,17,19-20,22-23,26,28-29,31-32,56,59,65-66H,7-10,12-13,15-16,18,21,24-25,27,30,33-55,57-58,60-64H2,1-6H3,(H-,69,71,73,74)/p+1/b14-11+,20-17+,22-19-,26-23-,29-28-,32-31-,59-56-. The first-order chi connectivity index (χ1) is 37.9. The lowest BCUT2D eigenvalue weighted by atomic mass is 10.0. The van der Waals surface area contributed by atoms with Crippen molar-refractivity contribution >= 4 is 19.7 Å². The number of carbonyl (C=O) groups excluding carboxylic acids is 2. The van der Waals surface area contributed by atoms with Crippen molar-refractivity contribution in [2.75, 3.05) is 40.9 Å². The zero-order chi connectivity index (χ0) is 57.2. The number of phosphoric ester groups is 1. The Morgan fingerprint density at radius 2 is 0.872 bits per heavy atom. The molecular weight excluding hydrogens is 988 g/mol. The molecule has 10 heteroatoms. The number of carbonyl (C=O) groups is 2. The summed E-state index contributed by atoms with van der Waals surface area (Å²) in [7, 11) is 1.48. The Balaban J connectivity index is 5.04. The van der Waals surface area contributed by atoms with E-state index in [9.17, 15) is 19.0 Å². The van der Waals surface area contributed by atoms with Gasteiger partial charge in [0.15, 0.2) is 0 Å². The van der Waals surface area contributed by atoms with E-state index in [0.717, 1.165) is 89.9 Å². The minimum absolute atomic E-state index is 0.0340. The van der Waals surface area contributed by atoms with Gasteiger partial charge in [0.25, 0.3) is 0 Å². The van der Waals surface area contributed by atoms with Crippen LogP contribution in [0.1, 0.15) is 284 Å².